The van der Waals surface area contributed by atoms with E-state index in [1.807, 2.05) is 42.5 Å². The van der Waals surface area contributed by atoms with Crippen molar-refractivity contribution in [2.45, 2.75) is 43.7 Å². The molecule has 180 valence electrons. The molecule has 2 aliphatic heterocycles. The topological polar surface area (TPSA) is 128 Å². The van der Waals surface area contributed by atoms with Crippen LogP contribution in [0.2, 0.25) is 0 Å². The highest BCUT2D eigenvalue weighted by atomic mass is 16.2. The summed E-state index contributed by atoms with van der Waals surface area (Å²) in [5, 5.41) is 5.99. The minimum atomic E-state index is -1.20. The summed E-state index contributed by atoms with van der Waals surface area (Å²) in [6.45, 7) is 0.980. The monoisotopic (exact) mass is 475 g/mol. The van der Waals surface area contributed by atoms with Crippen molar-refractivity contribution < 1.29 is 24.0 Å². The maximum Gasteiger partial charge on any atom is 0.344 e. The zero-order chi connectivity index (χ0) is 24.8. The SMILES string of the molecule is C[C@@]1(CCc2ccccc2)NC(=O)N(NC(=O)CN2C(=O)N[C@]3(CCc4ccccc43)C2=O)C1=O. The summed E-state index contributed by atoms with van der Waals surface area (Å²) < 4.78 is 0. The molecule has 2 saturated heterocycles. The second-order valence-corrected chi connectivity index (χ2v) is 9.31. The summed E-state index contributed by atoms with van der Waals surface area (Å²) in [6.07, 6.45) is 1.92. The number of aryl methyl sites for hydroxylation is 2. The van der Waals surface area contributed by atoms with Gasteiger partial charge in [-0.3, -0.25) is 24.7 Å². The first-order valence-electron chi connectivity index (χ1n) is 11.5. The van der Waals surface area contributed by atoms with Crippen LogP contribution in [-0.2, 0) is 32.8 Å². The standard InChI is InChI=1S/C25H25N5O5/c1-24(13-11-16-7-3-2-4-8-16)20(32)30(23(35)26-24)28-19(31)15-29-21(33)25(27-22(29)34)14-12-17-9-5-6-10-18(17)25/h2-10H,11-15H2,1H3,(H,26,35)(H,27,34)(H,28,31)/t24-,25-/m0/s1. The summed E-state index contributed by atoms with van der Waals surface area (Å²) in [4.78, 5) is 64.8. The molecule has 7 amide bonds. The molecule has 10 heteroatoms. The van der Waals surface area contributed by atoms with E-state index in [2.05, 4.69) is 16.1 Å². The highest BCUT2D eigenvalue weighted by Gasteiger charge is 2.56. The Morgan fingerprint density at radius 1 is 0.943 bits per heavy atom. The van der Waals surface area contributed by atoms with E-state index >= 15 is 0 Å². The van der Waals surface area contributed by atoms with E-state index in [0.29, 0.717) is 30.7 Å². The van der Waals surface area contributed by atoms with Crippen molar-refractivity contribution in [3.63, 3.8) is 0 Å². The van der Waals surface area contributed by atoms with Gasteiger partial charge in [-0.05, 0) is 49.3 Å². The number of benzene rings is 2. The fraction of sp³-hybridized carbons (Fsp3) is 0.320. The zero-order valence-electron chi connectivity index (χ0n) is 19.2. The number of amides is 7. The van der Waals surface area contributed by atoms with Gasteiger partial charge in [-0.2, -0.15) is 5.01 Å². The molecule has 0 radical (unpaired) electrons. The Balaban J connectivity index is 1.24. The smallest absolute Gasteiger partial charge is 0.322 e. The third-order valence-corrected chi connectivity index (χ3v) is 6.98. The number of carbonyl (C=O) groups excluding carboxylic acids is 5. The van der Waals surface area contributed by atoms with E-state index in [-0.39, 0.29) is 0 Å². The number of hydrogen-bond donors (Lipinski definition) is 3. The summed E-state index contributed by atoms with van der Waals surface area (Å²) in [7, 11) is 0. The molecule has 1 aliphatic carbocycles. The van der Waals surface area contributed by atoms with E-state index in [1.54, 1.807) is 19.1 Å². The molecule has 3 aliphatic rings. The van der Waals surface area contributed by atoms with Crippen molar-refractivity contribution in [1.82, 2.24) is 26.0 Å². The van der Waals surface area contributed by atoms with Gasteiger partial charge in [0, 0.05) is 0 Å². The molecule has 2 heterocycles. The van der Waals surface area contributed by atoms with Crippen molar-refractivity contribution in [2.75, 3.05) is 6.54 Å². The van der Waals surface area contributed by atoms with Crippen LogP contribution < -0.4 is 16.1 Å². The molecular weight excluding hydrogens is 450 g/mol. The Morgan fingerprint density at radius 3 is 2.43 bits per heavy atom. The third-order valence-electron chi connectivity index (χ3n) is 6.98. The van der Waals surface area contributed by atoms with Crippen molar-refractivity contribution in [2.24, 2.45) is 0 Å². The largest absolute Gasteiger partial charge is 0.344 e. The first kappa shape index (κ1) is 22.6. The molecular formula is C25H25N5O5. The maximum atomic E-state index is 13.2. The van der Waals surface area contributed by atoms with Gasteiger partial charge in [-0.1, -0.05) is 54.6 Å². The molecule has 2 fully saturated rings. The second kappa shape index (κ2) is 8.23. The fourth-order valence-corrected chi connectivity index (χ4v) is 5.03. The number of nitrogens with one attached hydrogen (secondary N) is 3. The number of fused-ring (bicyclic) bond motifs is 2. The zero-order valence-corrected chi connectivity index (χ0v) is 19.2. The van der Waals surface area contributed by atoms with Gasteiger partial charge in [-0.25, -0.2) is 9.59 Å². The van der Waals surface area contributed by atoms with E-state index in [0.717, 1.165) is 21.6 Å². The van der Waals surface area contributed by atoms with E-state index in [9.17, 15) is 24.0 Å². The molecule has 35 heavy (non-hydrogen) atoms. The number of hydrazine groups is 1. The van der Waals surface area contributed by atoms with Crippen LogP contribution in [0, 0.1) is 0 Å². The predicted octanol–water partition coefficient (Wildman–Crippen LogP) is 1.35. The van der Waals surface area contributed by atoms with Gasteiger partial charge in [0.25, 0.3) is 17.7 Å². The van der Waals surface area contributed by atoms with E-state index < -0.39 is 47.4 Å². The number of carbonyl (C=O) groups is 5. The van der Waals surface area contributed by atoms with Gasteiger partial charge in [0.05, 0.1) is 0 Å². The highest BCUT2D eigenvalue weighted by Crippen LogP contribution is 2.41. The quantitative estimate of drug-likeness (QED) is 0.544. The van der Waals surface area contributed by atoms with Crippen LogP contribution in [0.1, 0.15) is 36.5 Å². The number of imide groups is 2. The van der Waals surface area contributed by atoms with Gasteiger partial charge >= 0.3 is 12.1 Å². The second-order valence-electron chi connectivity index (χ2n) is 9.31. The lowest BCUT2D eigenvalue weighted by Crippen LogP contribution is -2.52. The molecule has 0 unspecified atom stereocenters. The molecule has 0 saturated carbocycles. The normalized spacial score (nSPS) is 25.2. The Bertz CT molecular complexity index is 1250. The Morgan fingerprint density at radius 2 is 1.66 bits per heavy atom. The van der Waals surface area contributed by atoms with Crippen molar-refractivity contribution in [3.05, 3.63) is 71.3 Å². The van der Waals surface area contributed by atoms with Crippen LogP contribution >= 0.6 is 0 Å². The average molecular weight is 476 g/mol. The lowest BCUT2D eigenvalue weighted by molar-refractivity contribution is -0.140. The maximum absolute atomic E-state index is 13.2. The Kier molecular flexibility index (Phi) is 5.31. The third kappa shape index (κ3) is 3.71. The molecule has 0 bridgehead atoms. The number of urea groups is 2. The minimum Gasteiger partial charge on any atom is -0.322 e. The number of nitrogens with zero attached hydrogens (tertiary/aromatic N) is 2. The Hall–Kier alpha value is -4.21. The number of rotatable bonds is 6. The van der Waals surface area contributed by atoms with Gasteiger partial charge in [-0.15, -0.1) is 0 Å². The van der Waals surface area contributed by atoms with Crippen LogP contribution in [0.15, 0.2) is 54.6 Å². The summed E-state index contributed by atoms with van der Waals surface area (Å²) >= 11 is 0. The molecule has 10 nitrogen and oxygen atoms in total. The number of hydrogen-bond acceptors (Lipinski definition) is 5. The van der Waals surface area contributed by atoms with E-state index in [4.69, 9.17) is 0 Å². The fourth-order valence-electron chi connectivity index (χ4n) is 5.03. The van der Waals surface area contributed by atoms with Gasteiger partial charge in [0.1, 0.15) is 17.6 Å². The Labute approximate surface area is 201 Å². The molecule has 1 spiro atoms. The molecule has 5 rings (SSSR count). The lowest BCUT2D eigenvalue weighted by atomic mass is 9.92. The molecule has 3 N–H and O–H groups in total. The van der Waals surface area contributed by atoms with Gasteiger partial charge in [0.2, 0.25) is 0 Å². The summed E-state index contributed by atoms with van der Waals surface area (Å²) in [5.41, 5.74) is 2.58. The van der Waals surface area contributed by atoms with Crippen molar-refractivity contribution in [3.8, 4) is 0 Å². The first-order valence-corrected chi connectivity index (χ1v) is 11.5. The molecule has 2 aromatic carbocycles. The summed E-state index contributed by atoms with van der Waals surface area (Å²) in [5.74, 6) is -1.95. The van der Waals surface area contributed by atoms with Crippen molar-refractivity contribution in [1.29, 1.82) is 0 Å². The van der Waals surface area contributed by atoms with Gasteiger partial charge < -0.3 is 10.6 Å². The lowest BCUT2D eigenvalue weighted by Gasteiger charge is -2.23. The highest BCUT2D eigenvalue weighted by molar-refractivity contribution is 6.11. The van der Waals surface area contributed by atoms with Crippen LogP contribution in [0.3, 0.4) is 0 Å². The van der Waals surface area contributed by atoms with Crippen LogP contribution in [0.25, 0.3) is 0 Å². The van der Waals surface area contributed by atoms with E-state index in [1.165, 1.54) is 0 Å². The average Bonchev–Trinajstić information content (AvgIpc) is 3.41. The summed E-state index contributed by atoms with van der Waals surface area (Å²) in [6, 6.07) is 15.5. The van der Waals surface area contributed by atoms with Crippen LogP contribution in [-0.4, -0.2) is 51.8 Å². The predicted molar refractivity (Wildman–Crippen MR) is 123 cm³/mol. The van der Waals surface area contributed by atoms with Crippen LogP contribution in [0.5, 0.6) is 0 Å². The molecule has 2 atom stereocenters. The van der Waals surface area contributed by atoms with Crippen molar-refractivity contribution >= 4 is 29.8 Å². The van der Waals surface area contributed by atoms with Gasteiger partial charge in [0.15, 0.2) is 0 Å². The molecule has 0 aromatic heterocycles. The van der Waals surface area contributed by atoms with Crippen LogP contribution in [0.4, 0.5) is 9.59 Å². The minimum absolute atomic E-state index is 0.336. The molecule has 2 aromatic rings. The first-order chi connectivity index (χ1) is 16.7.